The van der Waals surface area contributed by atoms with Gasteiger partial charge >= 0.3 is 5.97 Å². The minimum Gasteiger partial charge on any atom is -0.465 e. The van der Waals surface area contributed by atoms with Gasteiger partial charge in [-0.15, -0.1) is 0 Å². The van der Waals surface area contributed by atoms with E-state index in [1.54, 1.807) is 36.1 Å². The van der Waals surface area contributed by atoms with Gasteiger partial charge < -0.3 is 14.7 Å². The van der Waals surface area contributed by atoms with Gasteiger partial charge in [0.15, 0.2) is 0 Å². The number of amides is 1. The molecule has 3 rings (SSSR count). The first-order valence-corrected chi connectivity index (χ1v) is 7.71. The van der Waals surface area contributed by atoms with Crippen LogP contribution in [0, 0.1) is 0 Å². The van der Waals surface area contributed by atoms with Crippen molar-refractivity contribution in [2.24, 2.45) is 0 Å². The second-order valence-electron chi connectivity index (χ2n) is 6.09. The highest BCUT2D eigenvalue weighted by Crippen LogP contribution is 2.42. The van der Waals surface area contributed by atoms with Crippen LogP contribution >= 0.6 is 0 Å². The highest BCUT2D eigenvalue weighted by Gasteiger charge is 2.46. The van der Waals surface area contributed by atoms with Crippen LogP contribution in [0.15, 0.2) is 48.5 Å². The van der Waals surface area contributed by atoms with Gasteiger partial charge in [0.25, 0.3) is 0 Å². The van der Waals surface area contributed by atoms with Crippen LogP contribution in [0.4, 0.5) is 5.69 Å². The maximum Gasteiger partial charge on any atom is 0.337 e. The van der Waals surface area contributed by atoms with Gasteiger partial charge in [0.2, 0.25) is 5.91 Å². The van der Waals surface area contributed by atoms with Gasteiger partial charge in [0.05, 0.1) is 31.2 Å². The zero-order chi connectivity index (χ0) is 17.3. The maximum absolute atomic E-state index is 12.8. The number of nitrogens with zero attached hydrogens (tertiary/aromatic N) is 1. The zero-order valence-electron chi connectivity index (χ0n) is 13.7. The minimum atomic E-state index is -0.914. The van der Waals surface area contributed by atoms with Crippen molar-refractivity contribution in [1.82, 2.24) is 0 Å². The molecule has 1 atom stereocenters. The number of hydrogen-bond donors (Lipinski definition) is 1. The molecule has 0 bridgehead atoms. The lowest BCUT2D eigenvalue weighted by molar-refractivity contribution is -0.124. The second-order valence-corrected chi connectivity index (χ2v) is 6.09. The fraction of sp³-hybridized carbons (Fsp3) is 0.263. The van der Waals surface area contributed by atoms with Crippen molar-refractivity contribution in [3.05, 3.63) is 65.2 Å². The van der Waals surface area contributed by atoms with E-state index in [0.29, 0.717) is 12.1 Å². The van der Waals surface area contributed by atoms with Crippen LogP contribution in [0.2, 0.25) is 0 Å². The first-order valence-electron chi connectivity index (χ1n) is 7.71. The van der Waals surface area contributed by atoms with E-state index in [1.165, 1.54) is 7.11 Å². The first-order chi connectivity index (χ1) is 11.5. The standard InChI is InChI=1S/C19H19NO4/c1-19(12-21)15-5-3-4-6-16(15)20(18(19)23)11-13-7-9-14(10-8-13)17(22)24-2/h3-10,21H,11-12H2,1-2H3. The van der Waals surface area contributed by atoms with Gasteiger partial charge in [-0.3, -0.25) is 4.79 Å². The summed E-state index contributed by atoms with van der Waals surface area (Å²) in [5.74, 6) is -0.514. The number of benzene rings is 2. The summed E-state index contributed by atoms with van der Waals surface area (Å²) in [7, 11) is 1.34. The van der Waals surface area contributed by atoms with E-state index in [1.807, 2.05) is 24.3 Å². The predicted molar refractivity (Wildman–Crippen MR) is 89.9 cm³/mol. The first kappa shape index (κ1) is 16.2. The van der Waals surface area contributed by atoms with Crippen LogP contribution in [-0.4, -0.2) is 30.7 Å². The fourth-order valence-corrected chi connectivity index (χ4v) is 3.05. The van der Waals surface area contributed by atoms with E-state index in [0.717, 1.165) is 16.8 Å². The Bertz CT molecular complexity index is 784. The van der Waals surface area contributed by atoms with Crippen molar-refractivity contribution < 1.29 is 19.4 Å². The summed E-state index contributed by atoms with van der Waals surface area (Å²) in [5, 5.41) is 9.75. The monoisotopic (exact) mass is 325 g/mol. The second kappa shape index (κ2) is 6.09. The number of fused-ring (bicyclic) bond motifs is 1. The van der Waals surface area contributed by atoms with Crippen molar-refractivity contribution >= 4 is 17.6 Å². The molecule has 0 saturated carbocycles. The van der Waals surface area contributed by atoms with Crippen molar-refractivity contribution in [1.29, 1.82) is 0 Å². The van der Waals surface area contributed by atoms with E-state index >= 15 is 0 Å². The Labute approximate surface area is 140 Å². The van der Waals surface area contributed by atoms with Crippen LogP contribution in [-0.2, 0) is 21.5 Å². The van der Waals surface area contributed by atoms with Gasteiger partial charge in [0, 0.05) is 5.69 Å². The average molecular weight is 325 g/mol. The van der Waals surface area contributed by atoms with Crippen molar-refractivity contribution in [2.45, 2.75) is 18.9 Å². The molecule has 2 aromatic rings. The summed E-state index contributed by atoms with van der Waals surface area (Å²) in [4.78, 5) is 26.0. The number of aliphatic hydroxyl groups is 1. The number of esters is 1. The molecule has 124 valence electrons. The lowest BCUT2D eigenvalue weighted by Crippen LogP contribution is -2.40. The number of hydrogen-bond acceptors (Lipinski definition) is 4. The summed E-state index contributed by atoms with van der Waals surface area (Å²) >= 11 is 0. The molecule has 5 heteroatoms. The third-order valence-electron chi connectivity index (χ3n) is 4.54. The number of ether oxygens (including phenoxy) is 1. The summed E-state index contributed by atoms with van der Waals surface area (Å²) < 4.78 is 4.68. The molecule has 0 spiro atoms. The quantitative estimate of drug-likeness (QED) is 0.876. The highest BCUT2D eigenvalue weighted by atomic mass is 16.5. The third-order valence-corrected chi connectivity index (χ3v) is 4.54. The molecule has 1 heterocycles. The number of methoxy groups -OCH3 is 1. The van der Waals surface area contributed by atoms with Crippen molar-refractivity contribution in [3.63, 3.8) is 0 Å². The molecule has 1 aliphatic heterocycles. The molecule has 0 aliphatic carbocycles. The average Bonchev–Trinajstić information content (AvgIpc) is 2.84. The highest BCUT2D eigenvalue weighted by molar-refractivity contribution is 6.07. The summed E-state index contributed by atoms with van der Waals surface area (Å²) in [5.41, 5.74) is 2.10. The Balaban J connectivity index is 1.90. The lowest BCUT2D eigenvalue weighted by Gasteiger charge is -2.22. The fourth-order valence-electron chi connectivity index (χ4n) is 3.05. The number of para-hydroxylation sites is 1. The molecule has 24 heavy (non-hydrogen) atoms. The molecule has 0 aromatic heterocycles. The Morgan fingerprint density at radius 3 is 2.46 bits per heavy atom. The number of anilines is 1. The number of carbonyl (C=O) groups excluding carboxylic acids is 2. The van der Waals surface area contributed by atoms with Crippen LogP contribution < -0.4 is 4.90 Å². The Kier molecular flexibility index (Phi) is 4.11. The van der Waals surface area contributed by atoms with Crippen molar-refractivity contribution in [2.75, 3.05) is 18.6 Å². The van der Waals surface area contributed by atoms with Gasteiger partial charge in [-0.2, -0.15) is 0 Å². The topological polar surface area (TPSA) is 66.8 Å². The largest absolute Gasteiger partial charge is 0.465 e. The normalized spacial score (nSPS) is 19.3. The Morgan fingerprint density at radius 1 is 1.17 bits per heavy atom. The zero-order valence-corrected chi connectivity index (χ0v) is 13.7. The van der Waals surface area contributed by atoms with Crippen LogP contribution in [0.25, 0.3) is 0 Å². The molecule has 1 aliphatic rings. The molecular weight excluding hydrogens is 306 g/mol. The van der Waals surface area contributed by atoms with Gasteiger partial charge in [-0.05, 0) is 36.2 Å². The van der Waals surface area contributed by atoms with Crippen molar-refractivity contribution in [3.8, 4) is 0 Å². The van der Waals surface area contributed by atoms with E-state index in [9.17, 15) is 14.7 Å². The summed E-state index contributed by atoms with van der Waals surface area (Å²) in [6, 6.07) is 14.5. The maximum atomic E-state index is 12.8. The van der Waals surface area contributed by atoms with Crippen LogP contribution in [0.1, 0.15) is 28.4 Å². The molecular formula is C19H19NO4. The molecule has 1 N–H and O–H groups in total. The molecule has 1 unspecified atom stereocenters. The molecule has 2 aromatic carbocycles. The smallest absolute Gasteiger partial charge is 0.337 e. The van der Waals surface area contributed by atoms with E-state index < -0.39 is 11.4 Å². The van der Waals surface area contributed by atoms with Gasteiger partial charge in [-0.25, -0.2) is 4.79 Å². The third kappa shape index (κ3) is 2.47. The minimum absolute atomic E-state index is 0.122. The lowest BCUT2D eigenvalue weighted by atomic mass is 9.85. The SMILES string of the molecule is COC(=O)c1ccc(CN2C(=O)C(C)(CO)c3ccccc32)cc1. The molecule has 0 saturated heterocycles. The Hall–Kier alpha value is -2.66. The molecule has 1 amide bonds. The summed E-state index contributed by atoms with van der Waals surface area (Å²) in [6.07, 6.45) is 0. The van der Waals surface area contributed by atoms with Gasteiger partial charge in [-0.1, -0.05) is 30.3 Å². The van der Waals surface area contributed by atoms with E-state index in [4.69, 9.17) is 0 Å². The predicted octanol–water partition coefficient (Wildman–Crippen LogP) is 2.27. The van der Waals surface area contributed by atoms with E-state index in [-0.39, 0.29) is 12.5 Å². The summed E-state index contributed by atoms with van der Waals surface area (Å²) in [6.45, 7) is 1.90. The molecule has 5 nitrogen and oxygen atoms in total. The number of rotatable bonds is 4. The van der Waals surface area contributed by atoms with Gasteiger partial charge in [0.1, 0.15) is 0 Å². The Morgan fingerprint density at radius 2 is 1.83 bits per heavy atom. The molecule has 0 radical (unpaired) electrons. The van der Waals surface area contributed by atoms with Crippen LogP contribution in [0.3, 0.4) is 0 Å². The van der Waals surface area contributed by atoms with E-state index in [2.05, 4.69) is 4.74 Å². The number of carbonyl (C=O) groups is 2. The van der Waals surface area contributed by atoms with Crippen LogP contribution in [0.5, 0.6) is 0 Å². The number of aliphatic hydroxyl groups excluding tert-OH is 1. The molecule has 0 fully saturated rings.